The van der Waals surface area contributed by atoms with Crippen molar-refractivity contribution in [2.45, 2.75) is 6.42 Å². The summed E-state index contributed by atoms with van der Waals surface area (Å²) in [4.78, 5) is 19.0. The van der Waals surface area contributed by atoms with Crippen molar-refractivity contribution >= 4 is 34.6 Å². The number of rotatable bonds is 5. The zero-order valence-electron chi connectivity index (χ0n) is 15.7. The van der Waals surface area contributed by atoms with Crippen LogP contribution in [0.5, 0.6) is 11.5 Å². The Hall–Kier alpha value is -2.80. The van der Waals surface area contributed by atoms with E-state index < -0.39 is 0 Å². The van der Waals surface area contributed by atoms with Crippen LogP contribution in [0.4, 0.5) is 10.1 Å². The molecule has 5 nitrogen and oxygen atoms in total. The monoisotopic (exact) mass is 400 g/mol. The number of amides is 1. The summed E-state index contributed by atoms with van der Waals surface area (Å²) in [5, 5.41) is 0.632. The first-order valence-electron chi connectivity index (χ1n) is 8.79. The molecular formula is C21H21FN2O3S. The van der Waals surface area contributed by atoms with E-state index in [-0.39, 0.29) is 11.7 Å². The zero-order chi connectivity index (χ0) is 19.9. The largest absolute Gasteiger partial charge is 0.493 e. The maximum absolute atomic E-state index is 13.3. The normalized spacial score (nSPS) is 15.8. The third-order valence-corrected chi connectivity index (χ3v) is 5.18. The quantitative estimate of drug-likeness (QED) is 0.693. The Bertz CT molecular complexity index is 914. The number of benzene rings is 2. The minimum Gasteiger partial charge on any atom is -0.493 e. The van der Waals surface area contributed by atoms with Gasteiger partial charge in [0.25, 0.3) is 5.91 Å². The average Bonchev–Trinajstić information content (AvgIpc) is 2.72. The van der Waals surface area contributed by atoms with Gasteiger partial charge in [-0.3, -0.25) is 9.69 Å². The Labute approximate surface area is 167 Å². The molecule has 0 aromatic heterocycles. The second-order valence-electron chi connectivity index (χ2n) is 6.01. The van der Waals surface area contributed by atoms with E-state index in [4.69, 9.17) is 9.47 Å². The molecule has 0 radical (unpaired) electrons. The average molecular weight is 400 g/mol. The lowest BCUT2D eigenvalue weighted by Gasteiger charge is -2.26. The zero-order valence-corrected chi connectivity index (χ0v) is 16.5. The number of ether oxygens (including phenoxy) is 2. The molecule has 2 aromatic carbocycles. The predicted octanol–water partition coefficient (Wildman–Crippen LogP) is 4.51. The van der Waals surface area contributed by atoms with Crippen LogP contribution in [-0.2, 0) is 4.79 Å². The van der Waals surface area contributed by atoms with Crippen molar-refractivity contribution in [1.82, 2.24) is 4.90 Å². The Morgan fingerprint density at radius 1 is 1.18 bits per heavy atom. The van der Waals surface area contributed by atoms with Crippen LogP contribution >= 0.6 is 11.8 Å². The van der Waals surface area contributed by atoms with Crippen LogP contribution in [0.15, 0.2) is 53.5 Å². The second kappa shape index (κ2) is 9.41. The van der Waals surface area contributed by atoms with Crippen molar-refractivity contribution in [3.8, 4) is 11.5 Å². The fraction of sp³-hybridized carbons (Fsp3) is 0.238. The number of carbonyl (C=O) groups excluding carboxylic acids is 1. The Kier molecular flexibility index (Phi) is 6.71. The number of aliphatic imine (C=N–C) groups is 1. The van der Waals surface area contributed by atoms with Gasteiger partial charge in [-0.2, -0.15) is 0 Å². The number of carbonyl (C=O) groups is 1. The summed E-state index contributed by atoms with van der Waals surface area (Å²) in [5.74, 6) is 1.57. The summed E-state index contributed by atoms with van der Waals surface area (Å²) in [6.45, 7) is 0.589. The highest BCUT2D eigenvalue weighted by Crippen LogP contribution is 2.32. The van der Waals surface area contributed by atoms with Crippen molar-refractivity contribution in [2.75, 3.05) is 26.5 Å². The van der Waals surface area contributed by atoms with E-state index >= 15 is 0 Å². The van der Waals surface area contributed by atoms with Gasteiger partial charge in [-0.15, -0.1) is 0 Å². The number of hydrogen-bond donors (Lipinski definition) is 0. The minimum absolute atomic E-state index is 0.185. The summed E-state index contributed by atoms with van der Waals surface area (Å²) < 4.78 is 23.9. The van der Waals surface area contributed by atoms with Gasteiger partial charge < -0.3 is 9.47 Å². The van der Waals surface area contributed by atoms with Crippen molar-refractivity contribution < 1.29 is 18.7 Å². The molecule has 0 N–H and O–H groups in total. The molecule has 0 saturated carbocycles. The Morgan fingerprint density at radius 2 is 2.00 bits per heavy atom. The van der Waals surface area contributed by atoms with Crippen LogP contribution in [-0.4, -0.2) is 42.5 Å². The van der Waals surface area contributed by atoms with Crippen LogP contribution in [0.3, 0.4) is 0 Å². The Morgan fingerprint density at radius 3 is 2.75 bits per heavy atom. The van der Waals surface area contributed by atoms with Gasteiger partial charge in [-0.05, 0) is 42.3 Å². The van der Waals surface area contributed by atoms with E-state index in [1.165, 1.54) is 30.0 Å². The summed E-state index contributed by atoms with van der Waals surface area (Å²) in [6, 6.07) is 11.5. The SMILES string of the molecule is COc1ccc(N=C2SCCCN2C(=O)/C=C/c2cccc(F)c2)cc1OC. The standard InChI is InChI=1S/C21H21FN2O3S/c1-26-18-9-8-17(14-19(18)27-2)23-21-24(11-4-12-28-21)20(25)10-7-15-5-3-6-16(22)13-15/h3,5-10,13-14H,4,11-12H2,1-2H3/b10-7+,23-21?. The number of nitrogens with zero attached hydrogens (tertiary/aromatic N) is 2. The number of methoxy groups -OCH3 is 2. The van der Waals surface area contributed by atoms with E-state index in [9.17, 15) is 9.18 Å². The molecule has 0 unspecified atom stereocenters. The molecule has 146 valence electrons. The first-order chi connectivity index (χ1) is 13.6. The van der Waals surface area contributed by atoms with Crippen LogP contribution < -0.4 is 9.47 Å². The summed E-state index contributed by atoms with van der Waals surface area (Å²) in [5.41, 5.74) is 1.31. The molecule has 1 saturated heterocycles. The highest BCUT2D eigenvalue weighted by molar-refractivity contribution is 8.13. The minimum atomic E-state index is -0.334. The van der Waals surface area contributed by atoms with Gasteiger partial charge in [0.05, 0.1) is 19.9 Å². The molecular weight excluding hydrogens is 379 g/mol. The Balaban J connectivity index is 1.81. The molecule has 0 aliphatic carbocycles. The summed E-state index contributed by atoms with van der Waals surface area (Å²) in [6.07, 6.45) is 3.94. The molecule has 0 spiro atoms. The lowest BCUT2D eigenvalue weighted by Crippen LogP contribution is -2.38. The van der Waals surface area contributed by atoms with Crippen molar-refractivity contribution in [3.63, 3.8) is 0 Å². The third kappa shape index (κ3) is 4.92. The fourth-order valence-corrected chi connectivity index (χ4v) is 3.69. The fourth-order valence-electron chi connectivity index (χ4n) is 2.73. The molecule has 3 rings (SSSR count). The van der Waals surface area contributed by atoms with E-state index in [1.54, 1.807) is 49.5 Å². The molecule has 1 aliphatic heterocycles. The molecule has 1 aliphatic rings. The first-order valence-corrected chi connectivity index (χ1v) is 9.78. The first kappa shape index (κ1) is 19.9. The molecule has 0 atom stereocenters. The molecule has 2 aromatic rings. The maximum atomic E-state index is 13.3. The number of amidine groups is 1. The molecule has 28 heavy (non-hydrogen) atoms. The molecule has 1 fully saturated rings. The molecule has 0 bridgehead atoms. The van der Waals surface area contributed by atoms with E-state index in [0.29, 0.717) is 34.5 Å². The van der Waals surface area contributed by atoms with Crippen LogP contribution in [0.1, 0.15) is 12.0 Å². The maximum Gasteiger partial charge on any atom is 0.252 e. The highest BCUT2D eigenvalue weighted by atomic mass is 32.2. The van der Waals surface area contributed by atoms with Crippen LogP contribution in [0, 0.1) is 5.82 Å². The van der Waals surface area contributed by atoms with Crippen molar-refractivity contribution in [2.24, 2.45) is 4.99 Å². The molecule has 7 heteroatoms. The highest BCUT2D eigenvalue weighted by Gasteiger charge is 2.22. The predicted molar refractivity (Wildman–Crippen MR) is 111 cm³/mol. The van der Waals surface area contributed by atoms with Gasteiger partial charge in [-0.25, -0.2) is 9.38 Å². The lowest BCUT2D eigenvalue weighted by molar-refractivity contribution is -0.122. The molecule has 1 amide bonds. The third-order valence-electron chi connectivity index (χ3n) is 4.11. The van der Waals surface area contributed by atoms with Crippen LogP contribution in [0.25, 0.3) is 6.08 Å². The van der Waals surface area contributed by atoms with Gasteiger partial charge in [0.2, 0.25) is 0 Å². The second-order valence-corrected chi connectivity index (χ2v) is 7.08. The number of hydrogen-bond acceptors (Lipinski definition) is 5. The van der Waals surface area contributed by atoms with E-state index in [0.717, 1.165) is 12.2 Å². The summed E-state index contributed by atoms with van der Waals surface area (Å²) in [7, 11) is 3.14. The number of halogens is 1. The van der Waals surface area contributed by atoms with Gasteiger partial charge in [-0.1, -0.05) is 23.9 Å². The topological polar surface area (TPSA) is 51.1 Å². The van der Waals surface area contributed by atoms with E-state index in [1.807, 2.05) is 6.07 Å². The van der Waals surface area contributed by atoms with Gasteiger partial charge >= 0.3 is 0 Å². The number of thioether (sulfide) groups is 1. The van der Waals surface area contributed by atoms with Crippen LogP contribution in [0.2, 0.25) is 0 Å². The molecule has 1 heterocycles. The smallest absolute Gasteiger partial charge is 0.252 e. The van der Waals surface area contributed by atoms with Gasteiger partial charge in [0.1, 0.15) is 5.82 Å². The van der Waals surface area contributed by atoms with Gasteiger partial charge in [0.15, 0.2) is 16.7 Å². The van der Waals surface area contributed by atoms with Gasteiger partial charge in [0, 0.05) is 24.4 Å². The van der Waals surface area contributed by atoms with Crippen molar-refractivity contribution in [1.29, 1.82) is 0 Å². The van der Waals surface area contributed by atoms with E-state index in [2.05, 4.69) is 4.99 Å². The summed E-state index contributed by atoms with van der Waals surface area (Å²) >= 11 is 1.53. The lowest BCUT2D eigenvalue weighted by atomic mass is 10.2. The van der Waals surface area contributed by atoms with Crippen molar-refractivity contribution in [3.05, 3.63) is 59.9 Å².